The number of methoxy groups -OCH3 is 1. The van der Waals surface area contributed by atoms with Crippen LogP contribution >= 0.6 is 0 Å². The van der Waals surface area contributed by atoms with Gasteiger partial charge in [-0.15, -0.1) is 0 Å². The molecule has 1 amide bonds. The van der Waals surface area contributed by atoms with E-state index in [1.54, 1.807) is 19.4 Å². The van der Waals surface area contributed by atoms with Crippen LogP contribution in [0.3, 0.4) is 0 Å². The maximum Gasteiger partial charge on any atom is 0.255 e. The molecular formula is C20H24N2O3. The van der Waals surface area contributed by atoms with Crippen molar-refractivity contribution < 1.29 is 9.53 Å². The number of hydrogen-bond donors (Lipinski definition) is 0. The number of carbonyl (C=O) groups excluding carboxylic acids is 1. The number of likely N-dealkylation sites (tertiary alicyclic amines) is 1. The molecule has 5 heteroatoms. The molecule has 132 valence electrons. The molecule has 25 heavy (non-hydrogen) atoms. The van der Waals surface area contributed by atoms with Crippen LogP contribution in [0.25, 0.3) is 0 Å². The number of aromatic nitrogens is 1. The zero-order chi connectivity index (χ0) is 18.0. The molecule has 1 aromatic heterocycles. The van der Waals surface area contributed by atoms with Crippen LogP contribution in [0.15, 0.2) is 53.5 Å². The monoisotopic (exact) mass is 340 g/mol. The fourth-order valence-corrected chi connectivity index (χ4v) is 3.57. The van der Waals surface area contributed by atoms with Crippen molar-refractivity contribution in [2.75, 3.05) is 20.3 Å². The number of ether oxygens (including phenoxy) is 1. The van der Waals surface area contributed by atoms with Gasteiger partial charge in [0.25, 0.3) is 11.5 Å². The summed E-state index contributed by atoms with van der Waals surface area (Å²) in [5.74, 6) is -0.0423. The largest absolute Gasteiger partial charge is 0.383 e. The Morgan fingerprint density at radius 3 is 2.56 bits per heavy atom. The molecule has 1 fully saturated rings. The van der Waals surface area contributed by atoms with Gasteiger partial charge in [-0.1, -0.05) is 44.2 Å². The Morgan fingerprint density at radius 2 is 1.92 bits per heavy atom. The Balaban J connectivity index is 1.87. The van der Waals surface area contributed by atoms with E-state index in [1.165, 1.54) is 10.6 Å². The number of benzene rings is 1. The zero-order valence-corrected chi connectivity index (χ0v) is 14.9. The topological polar surface area (TPSA) is 51.5 Å². The van der Waals surface area contributed by atoms with Gasteiger partial charge in [0.2, 0.25) is 0 Å². The molecule has 0 N–H and O–H groups in total. The summed E-state index contributed by atoms with van der Waals surface area (Å²) in [5.41, 5.74) is 1.57. The van der Waals surface area contributed by atoms with E-state index in [0.717, 1.165) is 5.56 Å². The van der Waals surface area contributed by atoms with Crippen LogP contribution in [-0.2, 0) is 11.3 Å². The lowest BCUT2D eigenvalue weighted by atomic mass is 9.71. The molecule has 0 bridgehead atoms. The molecule has 1 aliphatic heterocycles. The minimum atomic E-state index is -0.128. The van der Waals surface area contributed by atoms with Crippen molar-refractivity contribution in [1.82, 2.24) is 9.47 Å². The minimum Gasteiger partial charge on any atom is -0.383 e. The lowest BCUT2D eigenvalue weighted by Gasteiger charge is -2.54. The molecule has 0 radical (unpaired) electrons. The van der Waals surface area contributed by atoms with Gasteiger partial charge in [-0.3, -0.25) is 9.59 Å². The van der Waals surface area contributed by atoms with Crippen molar-refractivity contribution in [1.29, 1.82) is 0 Å². The third kappa shape index (κ3) is 3.37. The zero-order valence-electron chi connectivity index (χ0n) is 14.9. The predicted molar refractivity (Wildman–Crippen MR) is 96.6 cm³/mol. The second kappa shape index (κ2) is 6.84. The first-order valence-electron chi connectivity index (χ1n) is 8.49. The standard InChI is InChI=1S/C20H24N2O3/c1-20(2)14-22(18(20)15-7-5-4-6-8-15)19(24)16-9-10-17(23)21(13-16)11-12-25-3/h4-10,13,18H,11-12,14H2,1-3H3. The first kappa shape index (κ1) is 17.4. The number of hydrogen-bond acceptors (Lipinski definition) is 3. The smallest absolute Gasteiger partial charge is 0.255 e. The van der Waals surface area contributed by atoms with Gasteiger partial charge in [-0.2, -0.15) is 0 Å². The molecule has 2 aromatic rings. The molecule has 0 spiro atoms. The van der Waals surface area contributed by atoms with Crippen molar-refractivity contribution in [3.63, 3.8) is 0 Å². The normalized spacial score (nSPS) is 18.7. The highest BCUT2D eigenvalue weighted by molar-refractivity contribution is 5.95. The van der Waals surface area contributed by atoms with E-state index in [-0.39, 0.29) is 22.9 Å². The van der Waals surface area contributed by atoms with Gasteiger partial charge in [0.05, 0.1) is 18.2 Å². The van der Waals surface area contributed by atoms with Crippen LogP contribution in [0.4, 0.5) is 0 Å². The van der Waals surface area contributed by atoms with Gasteiger partial charge >= 0.3 is 0 Å². The summed E-state index contributed by atoms with van der Waals surface area (Å²) in [7, 11) is 1.59. The summed E-state index contributed by atoms with van der Waals surface area (Å²) in [6, 6.07) is 13.2. The molecule has 1 aromatic carbocycles. The molecule has 1 unspecified atom stereocenters. The average Bonchev–Trinajstić information content (AvgIpc) is 2.59. The number of pyridine rings is 1. The van der Waals surface area contributed by atoms with Crippen LogP contribution in [0.1, 0.15) is 35.8 Å². The number of carbonyl (C=O) groups is 1. The summed E-state index contributed by atoms with van der Waals surface area (Å²) < 4.78 is 6.55. The van der Waals surface area contributed by atoms with E-state index >= 15 is 0 Å². The van der Waals surface area contributed by atoms with Gasteiger partial charge in [0.15, 0.2) is 0 Å². The van der Waals surface area contributed by atoms with Gasteiger partial charge in [0.1, 0.15) is 0 Å². The predicted octanol–water partition coefficient (Wildman–Crippen LogP) is 2.72. The summed E-state index contributed by atoms with van der Waals surface area (Å²) >= 11 is 0. The molecule has 0 aliphatic carbocycles. The Bertz CT molecular complexity index is 811. The van der Waals surface area contributed by atoms with E-state index in [1.807, 2.05) is 23.1 Å². The van der Waals surface area contributed by atoms with Crippen molar-refractivity contribution in [2.24, 2.45) is 5.41 Å². The van der Waals surface area contributed by atoms with Crippen molar-refractivity contribution >= 4 is 5.91 Å². The highest BCUT2D eigenvalue weighted by Crippen LogP contribution is 2.48. The highest BCUT2D eigenvalue weighted by Gasteiger charge is 2.48. The van der Waals surface area contributed by atoms with Crippen molar-refractivity contribution in [2.45, 2.75) is 26.4 Å². The second-order valence-electron chi connectivity index (χ2n) is 7.18. The van der Waals surface area contributed by atoms with Crippen LogP contribution in [0, 0.1) is 5.41 Å². The number of nitrogens with zero attached hydrogens (tertiary/aromatic N) is 2. The van der Waals surface area contributed by atoms with Gasteiger partial charge < -0.3 is 14.2 Å². The molecule has 5 nitrogen and oxygen atoms in total. The molecule has 1 atom stereocenters. The number of amides is 1. The third-order valence-electron chi connectivity index (χ3n) is 4.77. The van der Waals surface area contributed by atoms with E-state index < -0.39 is 0 Å². The maximum atomic E-state index is 13.0. The fourth-order valence-electron chi connectivity index (χ4n) is 3.57. The van der Waals surface area contributed by atoms with E-state index in [2.05, 4.69) is 26.0 Å². The third-order valence-corrected chi connectivity index (χ3v) is 4.77. The molecule has 3 rings (SSSR count). The molecule has 2 heterocycles. The van der Waals surface area contributed by atoms with Crippen LogP contribution < -0.4 is 5.56 Å². The summed E-state index contributed by atoms with van der Waals surface area (Å²) in [6.45, 7) is 5.91. The molecule has 0 saturated carbocycles. The summed E-state index contributed by atoms with van der Waals surface area (Å²) in [6.07, 6.45) is 1.64. The molecular weight excluding hydrogens is 316 g/mol. The first-order valence-corrected chi connectivity index (χ1v) is 8.49. The van der Waals surface area contributed by atoms with Crippen LogP contribution in [0.5, 0.6) is 0 Å². The van der Waals surface area contributed by atoms with Gasteiger partial charge in [0, 0.05) is 37.9 Å². The highest BCUT2D eigenvalue weighted by atomic mass is 16.5. The molecule has 1 aliphatic rings. The lowest BCUT2D eigenvalue weighted by Crippen LogP contribution is -2.57. The Hall–Kier alpha value is -2.40. The second-order valence-corrected chi connectivity index (χ2v) is 7.18. The van der Waals surface area contributed by atoms with E-state index in [4.69, 9.17) is 4.74 Å². The summed E-state index contributed by atoms with van der Waals surface area (Å²) in [4.78, 5) is 26.8. The van der Waals surface area contributed by atoms with E-state index in [0.29, 0.717) is 25.3 Å². The molecule has 1 saturated heterocycles. The van der Waals surface area contributed by atoms with Gasteiger partial charge in [-0.25, -0.2) is 0 Å². The van der Waals surface area contributed by atoms with Crippen molar-refractivity contribution in [3.8, 4) is 0 Å². The first-order chi connectivity index (χ1) is 11.9. The maximum absolute atomic E-state index is 13.0. The fraction of sp³-hybridized carbons (Fsp3) is 0.400. The van der Waals surface area contributed by atoms with Crippen molar-refractivity contribution in [3.05, 3.63) is 70.1 Å². The van der Waals surface area contributed by atoms with Gasteiger partial charge in [-0.05, 0) is 11.6 Å². The SMILES string of the molecule is COCCn1cc(C(=O)N2CC(C)(C)C2c2ccccc2)ccc1=O. The number of rotatable bonds is 5. The average molecular weight is 340 g/mol. The minimum absolute atomic E-state index is 0.0293. The van der Waals surface area contributed by atoms with Crippen LogP contribution in [0.2, 0.25) is 0 Å². The van der Waals surface area contributed by atoms with Crippen LogP contribution in [-0.4, -0.2) is 35.6 Å². The Kier molecular flexibility index (Phi) is 4.77. The lowest BCUT2D eigenvalue weighted by molar-refractivity contribution is -0.0323. The Labute approximate surface area is 147 Å². The Morgan fingerprint density at radius 1 is 1.20 bits per heavy atom. The quantitative estimate of drug-likeness (QED) is 0.841. The summed E-state index contributed by atoms with van der Waals surface area (Å²) in [5, 5.41) is 0. The van der Waals surface area contributed by atoms with E-state index in [9.17, 15) is 9.59 Å².